The number of amides is 1. The number of rotatable bonds is 4. The molecule has 28 heavy (non-hydrogen) atoms. The zero-order valence-electron chi connectivity index (χ0n) is 15.8. The summed E-state index contributed by atoms with van der Waals surface area (Å²) in [6.07, 6.45) is 0. The molecule has 0 bridgehead atoms. The van der Waals surface area contributed by atoms with Crippen molar-refractivity contribution >= 4 is 11.6 Å². The first-order valence-electron chi connectivity index (χ1n) is 9.40. The first-order valence-corrected chi connectivity index (χ1v) is 9.40. The molecule has 2 aromatic carbocycles. The molecule has 1 amide bonds. The standard InChI is InChI=1S/C21H23N5O2/c1-15(20-23-19(24-28-20)16-7-3-2-4-8-16)25-11-13-26(14-12-25)21(27)17-9-5-6-10-18(17)22/h2-10,15H,11-14,22H2,1H3. The van der Waals surface area contributed by atoms with Gasteiger partial charge in [-0.1, -0.05) is 47.6 Å². The third kappa shape index (κ3) is 3.61. The Bertz CT molecular complexity index is 948. The number of nitrogen functional groups attached to an aromatic ring is 1. The summed E-state index contributed by atoms with van der Waals surface area (Å²) < 4.78 is 5.49. The molecule has 7 nitrogen and oxygen atoms in total. The molecule has 0 radical (unpaired) electrons. The van der Waals surface area contributed by atoms with Gasteiger partial charge >= 0.3 is 0 Å². The van der Waals surface area contributed by atoms with Gasteiger partial charge in [-0.3, -0.25) is 9.69 Å². The van der Waals surface area contributed by atoms with Crippen LogP contribution in [0.15, 0.2) is 59.1 Å². The molecule has 1 saturated heterocycles. The summed E-state index contributed by atoms with van der Waals surface area (Å²) in [6, 6.07) is 17.0. The van der Waals surface area contributed by atoms with Crippen molar-refractivity contribution in [3.8, 4) is 11.4 Å². The number of nitrogens with zero attached hydrogens (tertiary/aromatic N) is 4. The number of benzene rings is 2. The van der Waals surface area contributed by atoms with E-state index in [0.717, 1.165) is 18.7 Å². The number of aromatic nitrogens is 2. The van der Waals surface area contributed by atoms with Crippen LogP contribution in [0.1, 0.15) is 29.2 Å². The van der Waals surface area contributed by atoms with Crippen LogP contribution in [0.5, 0.6) is 0 Å². The van der Waals surface area contributed by atoms with Crippen LogP contribution in [-0.2, 0) is 0 Å². The summed E-state index contributed by atoms with van der Waals surface area (Å²) in [5, 5.41) is 4.10. The number of piperazine rings is 1. The van der Waals surface area contributed by atoms with Crippen LogP contribution in [0.3, 0.4) is 0 Å². The van der Waals surface area contributed by atoms with Crippen LogP contribution in [0.2, 0.25) is 0 Å². The molecule has 1 unspecified atom stereocenters. The molecule has 0 aliphatic carbocycles. The SMILES string of the molecule is CC(c1nc(-c2ccccc2)no1)N1CCN(C(=O)c2ccccc2N)CC1. The van der Waals surface area contributed by atoms with Crippen LogP contribution in [0.4, 0.5) is 5.69 Å². The molecule has 7 heteroatoms. The van der Waals surface area contributed by atoms with E-state index in [1.54, 1.807) is 12.1 Å². The van der Waals surface area contributed by atoms with Crippen LogP contribution in [0, 0.1) is 0 Å². The van der Waals surface area contributed by atoms with Gasteiger partial charge < -0.3 is 15.2 Å². The van der Waals surface area contributed by atoms with Gasteiger partial charge in [0.1, 0.15) is 0 Å². The fourth-order valence-corrected chi connectivity index (χ4v) is 3.44. The largest absolute Gasteiger partial charge is 0.398 e. The Labute approximate surface area is 163 Å². The van der Waals surface area contributed by atoms with E-state index in [9.17, 15) is 4.79 Å². The molecule has 2 N–H and O–H groups in total. The highest BCUT2D eigenvalue weighted by atomic mass is 16.5. The number of anilines is 1. The van der Waals surface area contributed by atoms with Gasteiger partial charge in [0.25, 0.3) is 5.91 Å². The average molecular weight is 377 g/mol. The fourth-order valence-electron chi connectivity index (χ4n) is 3.44. The van der Waals surface area contributed by atoms with Gasteiger partial charge in [-0.15, -0.1) is 0 Å². The maximum atomic E-state index is 12.7. The Hall–Kier alpha value is -3.19. The minimum Gasteiger partial charge on any atom is -0.398 e. The normalized spacial score (nSPS) is 16.1. The van der Waals surface area contributed by atoms with Gasteiger partial charge in [0.15, 0.2) is 0 Å². The van der Waals surface area contributed by atoms with Crippen LogP contribution in [-0.4, -0.2) is 52.0 Å². The lowest BCUT2D eigenvalue weighted by molar-refractivity contribution is 0.0552. The summed E-state index contributed by atoms with van der Waals surface area (Å²) in [6.45, 7) is 4.80. The third-order valence-electron chi connectivity index (χ3n) is 5.17. The van der Waals surface area contributed by atoms with Crippen LogP contribution in [0.25, 0.3) is 11.4 Å². The Balaban J connectivity index is 1.39. The van der Waals surface area contributed by atoms with Crippen molar-refractivity contribution in [3.05, 3.63) is 66.1 Å². The maximum absolute atomic E-state index is 12.7. The topological polar surface area (TPSA) is 88.5 Å². The molecule has 0 saturated carbocycles. The molecule has 4 rings (SSSR count). The van der Waals surface area contributed by atoms with Crippen molar-refractivity contribution in [2.24, 2.45) is 0 Å². The highest BCUT2D eigenvalue weighted by Gasteiger charge is 2.28. The van der Waals surface area contributed by atoms with Crippen molar-refractivity contribution in [2.75, 3.05) is 31.9 Å². The van der Waals surface area contributed by atoms with Gasteiger partial charge in [0.05, 0.1) is 11.6 Å². The molecule has 1 fully saturated rings. The van der Waals surface area contributed by atoms with Crippen molar-refractivity contribution < 1.29 is 9.32 Å². The summed E-state index contributed by atoms with van der Waals surface area (Å²) in [5.74, 6) is 1.16. The quantitative estimate of drug-likeness (QED) is 0.704. The molecular formula is C21H23N5O2. The van der Waals surface area contributed by atoms with E-state index in [1.165, 1.54) is 0 Å². The van der Waals surface area contributed by atoms with Crippen molar-refractivity contribution in [3.63, 3.8) is 0 Å². The number of para-hydroxylation sites is 1. The van der Waals surface area contributed by atoms with E-state index in [4.69, 9.17) is 10.3 Å². The highest BCUT2D eigenvalue weighted by molar-refractivity contribution is 5.99. The predicted molar refractivity (Wildman–Crippen MR) is 106 cm³/mol. The van der Waals surface area contributed by atoms with Crippen molar-refractivity contribution in [1.82, 2.24) is 19.9 Å². The van der Waals surface area contributed by atoms with E-state index in [0.29, 0.717) is 36.1 Å². The smallest absolute Gasteiger partial charge is 0.256 e. The van der Waals surface area contributed by atoms with Gasteiger partial charge in [-0.25, -0.2) is 0 Å². The van der Waals surface area contributed by atoms with Crippen LogP contribution >= 0.6 is 0 Å². The second-order valence-corrected chi connectivity index (χ2v) is 6.91. The second-order valence-electron chi connectivity index (χ2n) is 6.91. The van der Waals surface area contributed by atoms with E-state index in [1.807, 2.05) is 47.4 Å². The molecule has 0 spiro atoms. The fraction of sp³-hybridized carbons (Fsp3) is 0.286. The minimum absolute atomic E-state index is 0.0102. The number of hydrogen-bond donors (Lipinski definition) is 1. The molecule has 1 aromatic heterocycles. The van der Waals surface area contributed by atoms with Gasteiger partial charge in [0.2, 0.25) is 11.7 Å². The summed E-state index contributed by atoms with van der Waals surface area (Å²) in [5.41, 5.74) is 7.96. The van der Waals surface area contributed by atoms with Gasteiger partial charge in [-0.2, -0.15) is 4.98 Å². The molecule has 144 valence electrons. The second kappa shape index (κ2) is 7.82. The molecule has 3 aromatic rings. The highest BCUT2D eigenvalue weighted by Crippen LogP contribution is 2.24. The molecule has 1 atom stereocenters. The zero-order valence-corrected chi connectivity index (χ0v) is 15.8. The van der Waals surface area contributed by atoms with Gasteiger partial charge in [-0.05, 0) is 19.1 Å². The van der Waals surface area contributed by atoms with E-state index in [-0.39, 0.29) is 11.9 Å². The first kappa shape index (κ1) is 18.2. The molecule has 1 aliphatic rings. The summed E-state index contributed by atoms with van der Waals surface area (Å²) >= 11 is 0. The summed E-state index contributed by atoms with van der Waals surface area (Å²) in [7, 11) is 0. The predicted octanol–water partition coefficient (Wildman–Crippen LogP) is 2.84. The number of nitrogens with two attached hydrogens (primary N) is 1. The lowest BCUT2D eigenvalue weighted by Gasteiger charge is -2.37. The van der Waals surface area contributed by atoms with E-state index in [2.05, 4.69) is 22.0 Å². The first-order chi connectivity index (χ1) is 13.6. The number of hydrogen-bond acceptors (Lipinski definition) is 6. The Morgan fingerprint density at radius 3 is 2.43 bits per heavy atom. The van der Waals surface area contributed by atoms with Gasteiger partial charge in [0, 0.05) is 37.4 Å². The molecule has 1 aliphatic heterocycles. The minimum atomic E-state index is -0.0189. The van der Waals surface area contributed by atoms with Crippen LogP contribution < -0.4 is 5.73 Å². The van der Waals surface area contributed by atoms with E-state index >= 15 is 0 Å². The molecule has 2 heterocycles. The monoisotopic (exact) mass is 377 g/mol. The number of carbonyl (C=O) groups excluding carboxylic acids is 1. The lowest BCUT2D eigenvalue weighted by atomic mass is 10.1. The summed E-state index contributed by atoms with van der Waals surface area (Å²) in [4.78, 5) is 21.4. The van der Waals surface area contributed by atoms with Crippen molar-refractivity contribution in [1.29, 1.82) is 0 Å². The lowest BCUT2D eigenvalue weighted by Crippen LogP contribution is -2.49. The molecular weight excluding hydrogens is 354 g/mol. The van der Waals surface area contributed by atoms with E-state index < -0.39 is 0 Å². The van der Waals surface area contributed by atoms with Crippen molar-refractivity contribution in [2.45, 2.75) is 13.0 Å². The Morgan fingerprint density at radius 2 is 1.71 bits per heavy atom. The maximum Gasteiger partial charge on any atom is 0.256 e. The Morgan fingerprint density at radius 1 is 1.04 bits per heavy atom. The Kier molecular flexibility index (Phi) is 5.08. The third-order valence-corrected chi connectivity index (χ3v) is 5.17. The zero-order chi connectivity index (χ0) is 19.5. The number of carbonyl (C=O) groups is 1. The average Bonchev–Trinajstić information content (AvgIpc) is 3.24.